The van der Waals surface area contributed by atoms with Crippen LogP contribution in [0.5, 0.6) is 0 Å². The molecular formula is C19H21ClN2O2. The number of carbonyl (C=O) groups is 2. The zero-order chi connectivity index (χ0) is 17.9. The molecule has 0 unspecified atom stereocenters. The van der Waals surface area contributed by atoms with Crippen LogP contribution in [-0.2, 0) is 15.0 Å². The van der Waals surface area contributed by atoms with Gasteiger partial charge in [-0.05, 0) is 47.7 Å². The second-order valence-electron chi connectivity index (χ2n) is 6.65. The molecule has 0 radical (unpaired) electrons. The van der Waals surface area contributed by atoms with Gasteiger partial charge in [-0.3, -0.25) is 9.59 Å². The van der Waals surface area contributed by atoms with Crippen molar-refractivity contribution in [2.45, 2.75) is 33.1 Å². The highest BCUT2D eigenvalue weighted by molar-refractivity contribution is 6.44. The van der Waals surface area contributed by atoms with Gasteiger partial charge < -0.3 is 10.6 Å². The van der Waals surface area contributed by atoms with E-state index < -0.39 is 11.8 Å². The summed E-state index contributed by atoms with van der Waals surface area (Å²) in [5.74, 6) is -1.46. The van der Waals surface area contributed by atoms with Crippen molar-refractivity contribution in [1.29, 1.82) is 0 Å². The predicted molar refractivity (Wildman–Crippen MR) is 98.6 cm³/mol. The van der Waals surface area contributed by atoms with Gasteiger partial charge in [0.15, 0.2) is 0 Å². The third-order valence-electron chi connectivity index (χ3n) is 3.73. The van der Waals surface area contributed by atoms with Gasteiger partial charge >= 0.3 is 11.8 Å². The van der Waals surface area contributed by atoms with E-state index in [-0.39, 0.29) is 5.41 Å². The number of carbonyl (C=O) groups excluding carboxylic acids is 2. The topological polar surface area (TPSA) is 58.2 Å². The Kier molecular flexibility index (Phi) is 5.30. The van der Waals surface area contributed by atoms with Crippen molar-refractivity contribution in [1.82, 2.24) is 0 Å². The van der Waals surface area contributed by atoms with E-state index in [9.17, 15) is 9.59 Å². The summed E-state index contributed by atoms with van der Waals surface area (Å²) in [6.45, 7) is 8.12. The van der Waals surface area contributed by atoms with E-state index >= 15 is 0 Å². The fourth-order valence-corrected chi connectivity index (χ4v) is 2.34. The van der Waals surface area contributed by atoms with Gasteiger partial charge in [0.25, 0.3) is 0 Å². The van der Waals surface area contributed by atoms with Crippen LogP contribution in [0.3, 0.4) is 0 Å². The quantitative estimate of drug-likeness (QED) is 0.787. The van der Waals surface area contributed by atoms with Gasteiger partial charge in [-0.1, -0.05) is 50.6 Å². The van der Waals surface area contributed by atoms with Gasteiger partial charge in [0.1, 0.15) is 0 Å². The standard InChI is InChI=1S/C19H21ClN2O2/c1-12-15(20)6-5-7-16(12)22-18(24)17(23)21-14-10-8-13(9-11-14)19(2,3)4/h5-11H,1-4H3,(H,21,23)(H,22,24). The van der Waals surface area contributed by atoms with Gasteiger partial charge in [-0.15, -0.1) is 0 Å². The van der Waals surface area contributed by atoms with Gasteiger partial charge in [0.2, 0.25) is 0 Å². The van der Waals surface area contributed by atoms with Crippen LogP contribution in [0, 0.1) is 6.92 Å². The summed E-state index contributed by atoms with van der Waals surface area (Å²) < 4.78 is 0. The van der Waals surface area contributed by atoms with Gasteiger partial charge in [-0.25, -0.2) is 0 Å². The molecule has 2 N–H and O–H groups in total. The Labute approximate surface area is 147 Å². The van der Waals surface area contributed by atoms with Crippen LogP contribution in [0.2, 0.25) is 5.02 Å². The molecule has 0 heterocycles. The molecule has 24 heavy (non-hydrogen) atoms. The first-order chi connectivity index (χ1) is 11.2. The van der Waals surface area contributed by atoms with Crippen LogP contribution >= 0.6 is 11.6 Å². The van der Waals surface area contributed by atoms with Crippen LogP contribution < -0.4 is 10.6 Å². The van der Waals surface area contributed by atoms with Gasteiger partial charge in [0.05, 0.1) is 0 Å². The van der Waals surface area contributed by atoms with E-state index in [0.717, 1.165) is 11.1 Å². The Hall–Kier alpha value is -2.33. The molecule has 126 valence electrons. The molecule has 0 saturated heterocycles. The fraction of sp³-hybridized carbons (Fsp3) is 0.263. The van der Waals surface area contributed by atoms with E-state index in [2.05, 4.69) is 31.4 Å². The van der Waals surface area contributed by atoms with Crippen molar-refractivity contribution in [3.63, 3.8) is 0 Å². The second-order valence-corrected chi connectivity index (χ2v) is 7.06. The second kappa shape index (κ2) is 7.05. The Balaban J connectivity index is 2.04. The van der Waals surface area contributed by atoms with Crippen LogP contribution in [-0.4, -0.2) is 11.8 Å². The average Bonchev–Trinajstić information content (AvgIpc) is 2.51. The number of rotatable bonds is 2. The predicted octanol–water partition coefficient (Wildman–Crippen LogP) is 4.52. The van der Waals surface area contributed by atoms with Crippen LogP contribution in [0.15, 0.2) is 42.5 Å². The van der Waals surface area contributed by atoms with E-state index in [0.29, 0.717) is 16.4 Å². The minimum atomic E-state index is -0.736. The minimum absolute atomic E-state index is 0.0318. The Morgan fingerprint density at radius 3 is 2.08 bits per heavy atom. The number of anilines is 2. The first-order valence-corrected chi connectivity index (χ1v) is 8.04. The lowest BCUT2D eigenvalue weighted by Crippen LogP contribution is -2.29. The van der Waals surface area contributed by atoms with Crippen LogP contribution in [0.4, 0.5) is 11.4 Å². The molecule has 0 aliphatic rings. The number of hydrogen-bond donors (Lipinski definition) is 2. The molecule has 0 spiro atoms. The first-order valence-electron chi connectivity index (χ1n) is 7.66. The highest BCUT2D eigenvalue weighted by Gasteiger charge is 2.17. The molecule has 2 aromatic rings. The van der Waals surface area contributed by atoms with Crippen LogP contribution in [0.1, 0.15) is 31.9 Å². The molecular weight excluding hydrogens is 324 g/mol. The van der Waals surface area contributed by atoms with E-state index in [1.807, 2.05) is 12.1 Å². The molecule has 0 fully saturated rings. The molecule has 2 amide bonds. The molecule has 0 saturated carbocycles. The van der Waals surface area contributed by atoms with E-state index in [1.165, 1.54) is 0 Å². The number of hydrogen-bond acceptors (Lipinski definition) is 2. The number of amides is 2. The normalized spacial score (nSPS) is 11.0. The zero-order valence-corrected chi connectivity index (χ0v) is 15.0. The lowest BCUT2D eigenvalue weighted by molar-refractivity contribution is -0.133. The molecule has 0 atom stereocenters. The van der Waals surface area contributed by atoms with E-state index in [4.69, 9.17) is 11.6 Å². The van der Waals surface area contributed by atoms with Gasteiger partial charge in [0, 0.05) is 16.4 Å². The first kappa shape index (κ1) is 18.0. The third-order valence-corrected chi connectivity index (χ3v) is 4.14. The molecule has 2 rings (SSSR count). The highest BCUT2D eigenvalue weighted by Crippen LogP contribution is 2.24. The summed E-state index contributed by atoms with van der Waals surface area (Å²) in [6.07, 6.45) is 0. The lowest BCUT2D eigenvalue weighted by Gasteiger charge is -2.19. The van der Waals surface area contributed by atoms with Crippen LogP contribution in [0.25, 0.3) is 0 Å². The molecule has 0 aromatic heterocycles. The lowest BCUT2D eigenvalue weighted by atomic mass is 9.87. The summed E-state index contributed by atoms with van der Waals surface area (Å²) in [7, 11) is 0. The molecule has 2 aromatic carbocycles. The number of nitrogens with one attached hydrogen (secondary N) is 2. The van der Waals surface area contributed by atoms with Crippen molar-refractivity contribution in [3.05, 3.63) is 58.6 Å². The number of benzene rings is 2. The monoisotopic (exact) mass is 344 g/mol. The van der Waals surface area contributed by atoms with Crippen molar-refractivity contribution < 1.29 is 9.59 Å². The zero-order valence-electron chi connectivity index (χ0n) is 14.2. The largest absolute Gasteiger partial charge is 0.318 e. The Morgan fingerprint density at radius 2 is 1.50 bits per heavy atom. The van der Waals surface area contributed by atoms with Crippen molar-refractivity contribution in [2.24, 2.45) is 0 Å². The van der Waals surface area contributed by atoms with Crippen molar-refractivity contribution >= 4 is 34.8 Å². The summed E-state index contributed by atoms with van der Waals surface area (Å²) in [6, 6.07) is 12.6. The maximum Gasteiger partial charge on any atom is 0.314 e. The summed E-state index contributed by atoms with van der Waals surface area (Å²) in [5, 5.41) is 5.70. The summed E-state index contributed by atoms with van der Waals surface area (Å²) in [5.41, 5.74) is 3.00. The van der Waals surface area contributed by atoms with Crippen molar-refractivity contribution in [2.75, 3.05) is 10.6 Å². The Morgan fingerprint density at radius 1 is 0.917 bits per heavy atom. The SMILES string of the molecule is Cc1c(Cl)cccc1NC(=O)C(=O)Nc1ccc(C(C)(C)C)cc1. The molecule has 0 aliphatic heterocycles. The smallest absolute Gasteiger partial charge is 0.314 e. The molecule has 5 heteroatoms. The summed E-state index contributed by atoms with van der Waals surface area (Å²) in [4.78, 5) is 24.1. The van der Waals surface area contributed by atoms with Crippen molar-refractivity contribution in [3.8, 4) is 0 Å². The fourth-order valence-electron chi connectivity index (χ4n) is 2.16. The molecule has 0 aliphatic carbocycles. The summed E-state index contributed by atoms with van der Waals surface area (Å²) >= 11 is 6.01. The molecule has 0 bridgehead atoms. The minimum Gasteiger partial charge on any atom is -0.318 e. The van der Waals surface area contributed by atoms with E-state index in [1.54, 1.807) is 37.3 Å². The Bertz CT molecular complexity index is 762. The average molecular weight is 345 g/mol. The maximum atomic E-state index is 12.0. The van der Waals surface area contributed by atoms with Gasteiger partial charge in [-0.2, -0.15) is 0 Å². The maximum absolute atomic E-state index is 12.0. The molecule has 4 nitrogen and oxygen atoms in total. The number of halogens is 1. The third kappa shape index (κ3) is 4.36. The highest BCUT2D eigenvalue weighted by atomic mass is 35.5.